The molecule has 2 aromatic carbocycles. The number of aromatic nitrogens is 1. The second kappa shape index (κ2) is 7.15. The molecule has 0 radical (unpaired) electrons. The summed E-state index contributed by atoms with van der Waals surface area (Å²) in [5.74, 6) is -0.0604. The number of hydrogen-bond donors (Lipinski definition) is 1. The number of fused-ring (bicyclic) bond motifs is 1. The van der Waals surface area contributed by atoms with Crippen LogP contribution in [0.1, 0.15) is 23.1 Å². The lowest BCUT2D eigenvalue weighted by Gasteiger charge is -2.16. The molecular weight excluding hydrogens is 388 g/mol. The molecule has 0 amide bonds. The molecule has 2 heterocycles. The Bertz CT molecular complexity index is 1310. The highest BCUT2D eigenvalue weighted by molar-refractivity contribution is 7.91. The van der Waals surface area contributed by atoms with E-state index in [0.717, 1.165) is 11.1 Å². The quantitative estimate of drug-likeness (QED) is 0.673. The minimum absolute atomic E-state index is 0.0127. The molecular formula is C22H22N2O4S. The lowest BCUT2D eigenvalue weighted by atomic mass is 10.0. The Morgan fingerprint density at radius 1 is 1.10 bits per heavy atom. The largest absolute Gasteiger partial charge is 0.494 e. The zero-order valence-corrected chi connectivity index (χ0v) is 17.1. The Balaban J connectivity index is 1.95. The summed E-state index contributed by atoms with van der Waals surface area (Å²) in [6, 6.07) is 12.3. The van der Waals surface area contributed by atoms with Crippen LogP contribution in [-0.2, 0) is 9.84 Å². The van der Waals surface area contributed by atoms with E-state index in [1.165, 1.54) is 10.8 Å². The molecule has 7 heteroatoms. The van der Waals surface area contributed by atoms with Crippen LogP contribution in [0.25, 0.3) is 16.5 Å². The van der Waals surface area contributed by atoms with E-state index in [0.29, 0.717) is 28.4 Å². The molecule has 6 nitrogen and oxygen atoms in total. The third-order valence-corrected chi connectivity index (χ3v) is 7.29. The predicted molar refractivity (Wildman–Crippen MR) is 115 cm³/mol. The molecule has 1 aliphatic heterocycles. The van der Waals surface area contributed by atoms with Crippen molar-refractivity contribution in [2.24, 2.45) is 4.99 Å². The van der Waals surface area contributed by atoms with Gasteiger partial charge in [-0.05, 0) is 43.5 Å². The molecule has 1 atom stereocenters. The molecule has 1 aliphatic rings. The van der Waals surface area contributed by atoms with Crippen LogP contribution in [0, 0.1) is 13.8 Å². The van der Waals surface area contributed by atoms with Gasteiger partial charge in [0.1, 0.15) is 0 Å². The minimum atomic E-state index is -3.05. The fourth-order valence-electron chi connectivity index (χ4n) is 3.76. The molecule has 0 unspecified atom stereocenters. The number of rotatable bonds is 3. The van der Waals surface area contributed by atoms with Crippen molar-refractivity contribution in [1.29, 1.82) is 0 Å². The first-order valence-electron chi connectivity index (χ1n) is 9.45. The normalized spacial score (nSPS) is 18.6. The summed E-state index contributed by atoms with van der Waals surface area (Å²) in [5.41, 5.74) is 2.60. The van der Waals surface area contributed by atoms with Crippen LogP contribution in [0.3, 0.4) is 0 Å². The van der Waals surface area contributed by atoms with Gasteiger partial charge < -0.3 is 5.11 Å². The lowest BCUT2D eigenvalue weighted by Crippen LogP contribution is -2.21. The van der Waals surface area contributed by atoms with Gasteiger partial charge in [0.15, 0.2) is 9.84 Å². The summed E-state index contributed by atoms with van der Waals surface area (Å²) in [5, 5.41) is 12.1. The van der Waals surface area contributed by atoms with Gasteiger partial charge in [-0.25, -0.2) is 13.0 Å². The Kier molecular flexibility index (Phi) is 4.78. The van der Waals surface area contributed by atoms with E-state index in [9.17, 15) is 18.3 Å². The van der Waals surface area contributed by atoms with Gasteiger partial charge in [-0.15, -0.1) is 0 Å². The van der Waals surface area contributed by atoms with Gasteiger partial charge in [0, 0.05) is 17.0 Å². The summed E-state index contributed by atoms with van der Waals surface area (Å²) >= 11 is 0. The van der Waals surface area contributed by atoms with Crippen LogP contribution < -0.4 is 5.56 Å². The molecule has 1 saturated heterocycles. The molecule has 4 rings (SSSR count). The van der Waals surface area contributed by atoms with Gasteiger partial charge in [-0.2, -0.15) is 0 Å². The molecule has 1 fully saturated rings. The first kappa shape index (κ1) is 19.4. The van der Waals surface area contributed by atoms with Crippen LogP contribution in [0.2, 0.25) is 0 Å². The van der Waals surface area contributed by atoms with E-state index < -0.39 is 9.84 Å². The molecule has 0 saturated carbocycles. The topological polar surface area (TPSA) is 88.7 Å². The fraction of sp³-hybridized carbons (Fsp3) is 0.273. The molecule has 0 aliphatic carbocycles. The van der Waals surface area contributed by atoms with E-state index in [1.807, 2.05) is 26.0 Å². The van der Waals surface area contributed by atoms with E-state index in [1.54, 1.807) is 30.3 Å². The highest BCUT2D eigenvalue weighted by atomic mass is 32.2. The predicted octanol–water partition coefficient (Wildman–Crippen LogP) is 2.92. The average molecular weight is 410 g/mol. The first-order chi connectivity index (χ1) is 13.8. The van der Waals surface area contributed by atoms with Crippen molar-refractivity contribution in [2.45, 2.75) is 26.3 Å². The Hall–Kier alpha value is -2.93. The number of aromatic hydroxyl groups is 1. The second-order valence-electron chi connectivity index (χ2n) is 7.48. The Morgan fingerprint density at radius 2 is 1.83 bits per heavy atom. The number of sulfone groups is 1. The van der Waals surface area contributed by atoms with Crippen molar-refractivity contribution in [2.75, 3.05) is 11.5 Å². The molecule has 3 aromatic rings. The number of pyridine rings is 1. The summed E-state index contributed by atoms with van der Waals surface area (Å²) in [4.78, 5) is 17.6. The van der Waals surface area contributed by atoms with E-state index >= 15 is 0 Å². The standard InChI is InChI=1S/C22H22N2O4S/c1-14-6-5-9-20(15(14)2)24-21(25)18-8-4-3-7-17(18)19(22(24)26)12-23-16-10-11-29(27,28)13-16/h3-9,12,16,26H,10-11,13H2,1-2H3/t16-/m1/s1. The molecule has 1 aromatic heterocycles. The van der Waals surface area contributed by atoms with E-state index in [2.05, 4.69) is 4.99 Å². The van der Waals surface area contributed by atoms with Crippen LogP contribution in [0.5, 0.6) is 5.88 Å². The molecule has 150 valence electrons. The summed E-state index contributed by atoms with van der Waals surface area (Å²) in [6.07, 6.45) is 1.97. The van der Waals surface area contributed by atoms with Crippen molar-refractivity contribution in [3.05, 3.63) is 69.5 Å². The zero-order valence-electron chi connectivity index (χ0n) is 16.3. The van der Waals surface area contributed by atoms with Gasteiger partial charge in [-0.3, -0.25) is 9.79 Å². The van der Waals surface area contributed by atoms with E-state index in [-0.39, 0.29) is 29.0 Å². The van der Waals surface area contributed by atoms with Gasteiger partial charge in [0.25, 0.3) is 5.56 Å². The zero-order chi connectivity index (χ0) is 20.8. The van der Waals surface area contributed by atoms with Crippen molar-refractivity contribution < 1.29 is 13.5 Å². The summed E-state index contributed by atoms with van der Waals surface area (Å²) in [7, 11) is -3.05. The summed E-state index contributed by atoms with van der Waals surface area (Å²) in [6.45, 7) is 3.85. The number of aliphatic imine (C=N–C) groups is 1. The first-order valence-corrected chi connectivity index (χ1v) is 11.3. The monoisotopic (exact) mass is 410 g/mol. The number of benzene rings is 2. The molecule has 1 N–H and O–H groups in total. The molecule has 0 bridgehead atoms. The minimum Gasteiger partial charge on any atom is -0.494 e. The van der Waals surface area contributed by atoms with Gasteiger partial charge in [0.2, 0.25) is 5.88 Å². The van der Waals surface area contributed by atoms with Crippen molar-refractivity contribution in [3.63, 3.8) is 0 Å². The number of nitrogens with zero attached hydrogens (tertiary/aromatic N) is 2. The van der Waals surface area contributed by atoms with Gasteiger partial charge >= 0.3 is 0 Å². The third kappa shape index (κ3) is 3.46. The van der Waals surface area contributed by atoms with Crippen LogP contribution in [0.4, 0.5) is 0 Å². The average Bonchev–Trinajstić information content (AvgIpc) is 3.04. The number of hydrogen-bond acceptors (Lipinski definition) is 5. The SMILES string of the molecule is Cc1cccc(-n2c(O)c(C=N[C@@H]3CCS(=O)(=O)C3)c3ccccc3c2=O)c1C. The van der Waals surface area contributed by atoms with E-state index in [4.69, 9.17) is 0 Å². The Morgan fingerprint density at radius 3 is 2.52 bits per heavy atom. The number of aryl methyl sites for hydroxylation is 1. The second-order valence-corrected chi connectivity index (χ2v) is 9.71. The van der Waals surface area contributed by atoms with Crippen LogP contribution in [0.15, 0.2) is 52.3 Å². The van der Waals surface area contributed by atoms with Crippen molar-refractivity contribution in [3.8, 4) is 11.6 Å². The van der Waals surface area contributed by atoms with Crippen molar-refractivity contribution >= 4 is 26.8 Å². The van der Waals surface area contributed by atoms with Gasteiger partial charge in [0.05, 0.1) is 28.8 Å². The Labute approximate surface area is 169 Å². The molecule has 29 heavy (non-hydrogen) atoms. The van der Waals surface area contributed by atoms with Crippen LogP contribution >= 0.6 is 0 Å². The lowest BCUT2D eigenvalue weighted by molar-refractivity contribution is 0.436. The smallest absolute Gasteiger partial charge is 0.265 e. The van der Waals surface area contributed by atoms with Crippen molar-refractivity contribution in [1.82, 2.24) is 4.57 Å². The third-order valence-electron chi connectivity index (χ3n) is 5.54. The van der Waals surface area contributed by atoms with Crippen LogP contribution in [-0.4, -0.2) is 41.9 Å². The maximum Gasteiger partial charge on any atom is 0.265 e. The highest BCUT2D eigenvalue weighted by Gasteiger charge is 2.27. The van der Waals surface area contributed by atoms with Gasteiger partial charge in [-0.1, -0.05) is 30.3 Å². The maximum atomic E-state index is 13.2. The molecule has 0 spiro atoms. The highest BCUT2D eigenvalue weighted by Crippen LogP contribution is 2.28. The summed E-state index contributed by atoms with van der Waals surface area (Å²) < 4.78 is 24.7. The fourth-order valence-corrected chi connectivity index (χ4v) is 5.40. The maximum absolute atomic E-state index is 13.2.